The van der Waals surface area contributed by atoms with Crippen LogP contribution in [0.2, 0.25) is 0 Å². The summed E-state index contributed by atoms with van der Waals surface area (Å²) >= 11 is 0. The van der Waals surface area contributed by atoms with Crippen molar-refractivity contribution >= 4 is 0 Å². The molecule has 0 saturated heterocycles. The van der Waals surface area contributed by atoms with E-state index in [0.29, 0.717) is 0 Å². The van der Waals surface area contributed by atoms with Crippen molar-refractivity contribution in [2.45, 2.75) is 25.3 Å². The molecule has 4 rings (SSSR count). The molecule has 2 aromatic carbocycles. The second-order valence-electron chi connectivity index (χ2n) is 6.10. The average Bonchev–Trinajstić information content (AvgIpc) is 3.07. The molecule has 2 nitrogen and oxygen atoms in total. The van der Waals surface area contributed by atoms with Gasteiger partial charge in [0.15, 0.2) is 0 Å². The molecule has 1 aliphatic carbocycles. The Kier molecular flexibility index (Phi) is 2.33. The highest BCUT2D eigenvalue weighted by molar-refractivity contribution is 5.80. The Bertz CT molecular complexity index is 713. The standard InChI is InChI=1S/C18H18N2/c1-18(2)15-6-4-3-5-13(15)14-8-7-12(11-16(14)18)17-9-10-19-20-17/h3-11,17,19-20H,1-2H3. The van der Waals surface area contributed by atoms with Crippen LogP contribution in [0.3, 0.4) is 0 Å². The summed E-state index contributed by atoms with van der Waals surface area (Å²) in [6, 6.07) is 15.9. The van der Waals surface area contributed by atoms with E-state index in [9.17, 15) is 0 Å². The first-order valence-electron chi connectivity index (χ1n) is 7.10. The molecular formula is C18H18N2. The predicted molar refractivity (Wildman–Crippen MR) is 82.2 cm³/mol. The van der Waals surface area contributed by atoms with E-state index in [0.717, 1.165) is 0 Å². The molecular weight excluding hydrogens is 244 g/mol. The predicted octanol–water partition coefficient (Wildman–Crippen LogP) is 3.66. The van der Waals surface area contributed by atoms with E-state index < -0.39 is 0 Å². The van der Waals surface area contributed by atoms with Crippen LogP contribution in [0, 0.1) is 0 Å². The van der Waals surface area contributed by atoms with E-state index in [2.05, 4.69) is 73.2 Å². The first-order chi connectivity index (χ1) is 9.68. The van der Waals surface area contributed by atoms with Crippen molar-refractivity contribution in [3.05, 3.63) is 71.4 Å². The van der Waals surface area contributed by atoms with E-state index in [1.54, 1.807) is 0 Å². The Balaban J connectivity index is 1.90. The van der Waals surface area contributed by atoms with Crippen LogP contribution < -0.4 is 10.9 Å². The molecule has 0 saturated carbocycles. The maximum atomic E-state index is 3.25. The second-order valence-corrected chi connectivity index (χ2v) is 6.10. The van der Waals surface area contributed by atoms with Gasteiger partial charge in [0.2, 0.25) is 0 Å². The number of hydrazine groups is 1. The fourth-order valence-electron chi connectivity index (χ4n) is 3.44. The zero-order valence-electron chi connectivity index (χ0n) is 11.8. The van der Waals surface area contributed by atoms with Gasteiger partial charge in [0.05, 0.1) is 6.04 Å². The monoisotopic (exact) mass is 262 g/mol. The minimum atomic E-state index is 0.0810. The smallest absolute Gasteiger partial charge is 0.0707 e. The van der Waals surface area contributed by atoms with Gasteiger partial charge in [0.25, 0.3) is 0 Å². The maximum absolute atomic E-state index is 3.25. The van der Waals surface area contributed by atoms with Gasteiger partial charge >= 0.3 is 0 Å². The Hall–Kier alpha value is -2.06. The van der Waals surface area contributed by atoms with E-state index >= 15 is 0 Å². The first-order valence-corrected chi connectivity index (χ1v) is 7.10. The molecule has 2 aromatic rings. The molecule has 1 unspecified atom stereocenters. The van der Waals surface area contributed by atoms with E-state index in [1.165, 1.54) is 27.8 Å². The zero-order chi connectivity index (χ0) is 13.7. The number of hydrogen-bond donors (Lipinski definition) is 2. The number of benzene rings is 2. The van der Waals surface area contributed by atoms with E-state index in [1.807, 2.05) is 6.20 Å². The summed E-state index contributed by atoms with van der Waals surface area (Å²) in [7, 11) is 0. The molecule has 1 aliphatic heterocycles. The molecule has 0 aromatic heterocycles. The Morgan fingerprint density at radius 3 is 2.55 bits per heavy atom. The van der Waals surface area contributed by atoms with Gasteiger partial charge in [-0.1, -0.05) is 56.3 Å². The van der Waals surface area contributed by atoms with Gasteiger partial charge in [-0.15, -0.1) is 0 Å². The lowest BCUT2D eigenvalue weighted by Crippen LogP contribution is -2.24. The molecule has 100 valence electrons. The van der Waals surface area contributed by atoms with Crippen LogP contribution in [-0.4, -0.2) is 0 Å². The quantitative estimate of drug-likeness (QED) is 0.819. The van der Waals surface area contributed by atoms with E-state index in [-0.39, 0.29) is 11.5 Å². The maximum Gasteiger partial charge on any atom is 0.0707 e. The Morgan fingerprint density at radius 1 is 0.950 bits per heavy atom. The van der Waals surface area contributed by atoms with Gasteiger partial charge in [-0.3, -0.25) is 0 Å². The van der Waals surface area contributed by atoms with Crippen molar-refractivity contribution < 1.29 is 0 Å². The van der Waals surface area contributed by atoms with Crippen molar-refractivity contribution in [3.63, 3.8) is 0 Å². The molecule has 20 heavy (non-hydrogen) atoms. The highest BCUT2D eigenvalue weighted by atomic mass is 15.4. The van der Waals surface area contributed by atoms with Gasteiger partial charge in [-0.05, 0) is 33.9 Å². The normalized spacial score (nSPS) is 21.4. The summed E-state index contributed by atoms with van der Waals surface area (Å²) in [4.78, 5) is 0. The summed E-state index contributed by atoms with van der Waals surface area (Å²) in [5.41, 5.74) is 13.3. The minimum Gasteiger partial charge on any atom is -0.328 e. The van der Waals surface area contributed by atoms with Crippen LogP contribution in [0.25, 0.3) is 11.1 Å². The SMILES string of the molecule is CC1(C)c2ccccc2-c2ccc(C3C=CNN3)cc21. The lowest BCUT2D eigenvalue weighted by Gasteiger charge is -2.22. The molecule has 0 fully saturated rings. The summed E-state index contributed by atoms with van der Waals surface area (Å²) in [6.07, 6.45) is 4.11. The zero-order valence-corrected chi connectivity index (χ0v) is 11.8. The first kappa shape index (κ1) is 11.7. The lowest BCUT2D eigenvalue weighted by molar-refractivity contribution is 0.606. The Labute approximate surface area is 119 Å². The van der Waals surface area contributed by atoms with Gasteiger partial charge in [-0.25, -0.2) is 5.43 Å². The van der Waals surface area contributed by atoms with Crippen LogP contribution in [0.5, 0.6) is 0 Å². The topological polar surface area (TPSA) is 24.1 Å². The highest BCUT2D eigenvalue weighted by Gasteiger charge is 2.35. The van der Waals surface area contributed by atoms with Gasteiger partial charge in [-0.2, -0.15) is 0 Å². The largest absolute Gasteiger partial charge is 0.328 e. The molecule has 2 aliphatic rings. The third-order valence-electron chi connectivity index (χ3n) is 4.58. The lowest BCUT2D eigenvalue weighted by atomic mass is 9.81. The number of fused-ring (bicyclic) bond motifs is 3. The van der Waals surface area contributed by atoms with E-state index in [4.69, 9.17) is 0 Å². The van der Waals surface area contributed by atoms with Crippen LogP contribution in [0.4, 0.5) is 0 Å². The van der Waals surface area contributed by atoms with Crippen LogP contribution in [0.1, 0.15) is 36.6 Å². The van der Waals surface area contributed by atoms with Crippen molar-refractivity contribution in [1.29, 1.82) is 0 Å². The summed E-state index contributed by atoms with van der Waals surface area (Å²) < 4.78 is 0. The van der Waals surface area contributed by atoms with Gasteiger partial charge in [0.1, 0.15) is 0 Å². The van der Waals surface area contributed by atoms with Crippen molar-refractivity contribution in [2.24, 2.45) is 0 Å². The summed E-state index contributed by atoms with van der Waals surface area (Å²) in [5.74, 6) is 0. The fraction of sp³-hybridized carbons (Fsp3) is 0.222. The minimum absolute atomic E-state index is 0.0810. The van der Waals surface area contributed by atoms with Crippen LogP contribution in [0.15, 0.2) is 54.7 Å². The molecule has 0 spiro atoms. The molecule has 0 bridgehead atoms. The van der Waals surface area contributed by atoms with Gasteiger partial charge < -0.3 is 5.43 Å². The third kappa shape index (κ3) is 1.49. The van der Waals surface area contributed by atoms with Crippen molar-refractivity contribution in [3.8, 4) is 11.1 Å². The van der Waals surface area contributed by atoms with Crippen molar-refractivity contribution in [1.82, 2.24) is 10.9 Å². The summed E-state index contributed by atoms with van der Waals surface area (Å²) in [5, 5.41) is 0. The number of nitrogens with one attached hydrogen (secondary N) is 2. The number of rotatable bonds is 1. The van der Waals surface area contributed by atoms with Crippen LogP contribution in [-0.2, 0) is 5.41 Å². The molecule has 0 amide bonds. The Morgan fingerprint density at radius 2 is 1.75 bits per heavy atom. The summed E-state index contributed by atoms with van der Waals surface area (Å²) in [6.45, 7) is 4.63. The third-order valence-corrected chi connectivity index (χ3v) is 4.58. The van der Waals surface area contributed by atoms with Crippen LogP contribution >= 0.6 is 0 Å². The van der Waals surface area contributed by atoms with Gasteiger partial charge in [0, 0.05) is 11.6 Å². The molecule has 2 N–H and O–H groups in total. The fourth-order valence-corrected chi connectivity index (χ4v) is 3.44. The molecule has 1 atom stereocenters. The second kappa shape index (κ2) is 3.97. The highest BCUT2D eigenvalue weighted by Crippen LogP contribution is 2.48. The molecule has 0 radical (unpaired) electrons. The molecule has 2 heteroatoms. The average molecular weight is 262 g/mol. The number of hydrogen-bond acceptors (Lipinski definition) is 2. The molecule has 1 heterocycles. The van der Waals surface area contributed by atoms with Crippen molar-refractivity contribution in [2.75, 3.05) is 0 Å².